The van der Waals surface area contributed by atoms with Gasteiger partial charge in [0.2, 0.25) is 0 Å². The van der Waals surface area contributed by atoms with Gasteiger partial charge in [0.15, 0.2) is 0 Å². The van der Waals surface area contributed by atoms with E-state index in [0.717, 1.165) is 17.4 Å². The molecule has 0 atom stereocenters. The van der Waals surface area contributed by atoms with Crippen molar-refractivity contribution in [3.63, 3.8) is 0 Å². The van der Waals surface area contributed by atoms with Crippen LogP contribution in [0.4, 0.5) is 0 Å². The molecule has 3 heteroatoms. The molecule has 78 valence electrons. The van der Waals surface area contributed by atoms with E-state index in [2.05, 4.69) is 29.8 Å². The van der Waals surface area contributed by atoms with E-state index in [9.17, 15) is 4.79 Å². The van der Waals surface area contributed by atoms with Gasteiger partial charge in [-0.15, -0.1) is 0 Å². The second kappa shape index (κ2) is 4.30. The highest BCUT2D eigenvalue weighted by Gasteiger charge is 2.16. The van der Waals surface area contributed by atoms with E-state index >= 15 is 0 Å². The molecule has 0 N–H and O–H groups in total. The minimum atomic E-state index is 0.0824. The van der Waals surface area contributed by atoms with Crippen molar-refractivity contribution in [2.75, 3.05) is 5.33 Å². The van der Waals surface area contributed by atoms with Crippen molar-refractivity contribution in [2.45, 2.75) is 27.3 Å². The molecule has 0 aliphatic heterocycles. The molecule has 0 aliphatic carbocycles. The summed E-state index contributed by atoms with van der Waals surface area (Å²) in [5.74, 6) is 0. The van der Waals surface area contributed by atoms with Crippen LogP contribution in [0.1, 0.15) is 19.4 Å². The summed E-state index contributed by atoms with van der Waals surface area (Å²) in [5, 5.41) is 0.889. The van der Waals surface area contributed by atoms with Crippen molar-refractivity contribution < 1.29 is 0 Å². The summed E-state index contributed by atoms with van der Waals surface area (Å²) in [6.07, 6.45) is 1.86. The average molecular weight is 258 g/mol. The van der Waals surface area contributed by atoms with Crippen molar-refractivity contribution in [3.05, 3.63) is 34.2 Å². The first kappa shape index (κ1) is 11.5. The maximum atomic E-state index is 11.6. The van der Waals surface area contributed by atoms with Crippen molar-refractivity contribution in [3.8, 4) is 0 Å². The van der Waals surface area contributed by atoms with Gasteiger partial charge in [-0.05, 0) is 24.0 Å². The van der Waals surface area contributed by atoms with Gasteiger partial charge in [-0.1, -0.05) is 29.8 Å². The number of aromatic nitrogens is 1. The van der Waals surface area contributed by atoms with Crippen molar-refractivity contribution in [2.24, 2.45) is 5.41 Å². The Morgan fingerprint density at radius 1 is 1.50 bits per heavy atom. The summed E-state index contributed by atoms with van der Waals surface area (Å²) >= 11 is 3.45. The highest BCUT2D eigenvalue weighted by molar-refractivity contribution is 9.09. The number of pyridine rings is 1. The van der Waals surface area contributed by atoms with Crippen LogP contribution in [0.15, 0.2) is 23.1 Å². The highest BCUT2D eigenvalue weighted by Crippen LogP contribution is 2.19. The zero-order valence-corrected chi connectivity index (χ0v) is 10.5. The lowest BCUT2D eigenvalue weighted by Crippen LogP contribution is -2.28. The first-order chi connectivity index (χ1) is 6.44. The predicted molar refractivity (Wildman–Crippen MR) is 63.0 cm³/mol. The first-order valence-electron chi connectivity index (χ1n) is 4.68. The number of hydrogen-bond acceptors (Lipinski definition) is 1. The van der Waals surface area contributed by atoms with Crippen LogP contribution in [0.25, 0.3) is 0 Å². The monoisotopic (exact) mass is 257 g/mol. The summed E-state index contributed by atoms with van der Waals surface area (Å²) in [6, 6.07) is 3.63. The lowest BCUT2D eigenvalue weighted by molar-refractivity contribution is 0.349. The highest BCUT2D eigenvalue weighted by atomic mass is 79.9. The fourth-order valence-electron chi connectivity index (χ4n) is 1.24. The third kappa shape index (κ3) is 2.98. The SMILES string of the molecule is Cc1ccn(CC(C)(C)CBr)c(=O)c1. The lowest BCUT2D eigenvalue weighted by Gasteiger charge is -2.22. The fraction of sp³-hybridized carbons (Fsp3) is 0.545. The molecule has 1 heterocycles. The zero-order valence-electron chi connectivity index (χ0n) is 8.88. The van der Waals surface area contributed by atoms with Gasteiger partial charge in [-0.25, -0.2) is 0 Å². The minimum absolute atomic E-state index is 0.0824. The summed E-state index contributed by atoms with van der Waals surface area (Å²) in [7, 11) is 0. The molecule has 0 amide bonds. The molecular formula is C11H16BrNO. The predicted octanol–water partition coefficient (Wildman–Crippen LogP) is 2.58. The number of rotatable bonds is 3. The number of halogens is 1. The first-order valence-corrected chi connectivity index (χ1v) is 5.80. The van der Waals surface area contributed by atoms with Crippen molar-refractivity contribution in [1.82, 2.24) is 4.57 Å². The van der Waals surface area contributed by atoms with Crippen molar-refractivity contribution in [1.29, 1.82) is 0 Å². The second-order valence-corrected chi connectivity index (χ2v) is 5.03. The molecule has 14 heavy (non-hydrogen) atoms. The third-order valence-electron chi connectivity index (χ3n) is 2.11. The van der Waals surface area contributed by atoms with Crippen LogP contribution < -0.4 is 5.56 Å². The van der Waals surface area contributed by atoms with Crippen LogP contribution in [0.2, 0.25) is 0 Å². The molecule has 0 radical (unpaired) electrons. The van der Waals surface area contributed by atoms with Gasteiger partial charge in [0.25, 0.3) is 5.56 Å². The largest absolute Gasteiger partial charge is 0.315 e. The summed E-state index contributed by atoms with van der Waals surface area (Å²) in [5.41, 5.74) is 1.21. The van der Waals surface area contributed by atoms with E-state index in [1.165, 1.54) is 0 Å². The molecule has 1 aromatic heterocycles. The maximum absolute atomic E-state index is 11.6. The third-order valence-corrected chi connectivity index (χ3v) is 3.63. The standard InChI is InChI=1S/C11H16BrNO/c1-9-4-5-13(10(14)6-9)8-11(2,3)7-12/h4-6H,7-8H2,1-3H3. The quantitative estimate of drug-likeness (QED) is 0.764. The van der Waals surface area contributed by atoms with Crippen LogP contribution in [0, 0.1) is 12.3 Å². The van der Waals surface area contributed by atoms with E-state index in [4.69, 9.17) is 0 Å². The Morgan fingerprint density at radius 2 is 2.14 bits per heavy atom. The summed E-state index contributed by atoms with van der Waals surface area (Å²) < 4.78 is 1.76. The van der Waals surface area contributed by atoms with Crippen LogP contribution >= 0.6 is 15.9 Å². The van der Waals surface area contributed by atoms with E-state index < -0.39 is 0 Å². The molecule has 0 bridgehead atoms. The van der Waals surface area contributed by atoms with E-state index in [1.807, 2.05) is 19.2 Å². The van der Waals surface area contributed by atoms with E-state index in [0.29, 0.717) is 0 Å². The normalized spacial score (nSPS) is 11.7. The smallest absolute Gasteiger partial charge is 0.250 e. The lowest BCUT2D eigenvalue weighted by atomic mass is 9.96. The average Bonchev–Trinajstić information content (AvgIpc) is 2.10. The molecule has 0 saturated heterocycles. The van der Waals surface area contributed by atoms with Gasteiger partial charge in [0.1, 0.15) is 0 Å². The fourth-order valence-corrected chi connectivity index (χ4v) is 1.42. The van der Waals surface area contributed by atoms with Crippen LogP contribution in [0.3, 0.4) is 0 Å². The van der Waals surface area contributed by atoms with Crippen LogP contribution in [0.5, 0.6) is 0 Å². The van der Waals surface area contributed by atoms with E-state index in [1.54, 1.807) is 10.6 Å². The second-order valence-electron chi connectivity index (χ2n) is 4.47. The summed E-state index contributed by atoms with van der Waals surface area (Å²) in [4.78, 5) is 11.6. The van der Waals surface area contributed by atoms with Gasteiger partial charge in [0, 0.05) is 24.1 Å². The molecule has 1 aromatic rings. The Labute approximate surface area is 93.1 Å². The number of alkyl halides is 1. The van der Waals surface area contributed by atoms with Crippen LogP contribution in [-0.2, 0) is 6.54 Å². The summed E-state index contributed by atoms with van der Waals surface area (Å²) in [6.45, 7) is 6.95. The number of aryl methyl sites for hydroxylation is 1. The van der Waals surface area contributed by atoms with Crippen molar-refractivity contribution >= 4 is 15.9 Å². The van der Waals surface area contributed by atoms with Gasteiger partial charge in [-0.2, -0.15) is 0 Å². The minimum Gasteiger partial charge on any atom is -0.315 e. The molecule has 0 aliphatic rings. The van der Waals surface area contributed by atoms with E-state index in [-0.39, 0.29) is 11.0 Å². The Balaban J connectivity index is 2.93. The van der Waals surface area contributed by atoms with Crippen LogP contribution in [-0.4, -0.2) is 9.90 Å². The Kier molecular flexibility index (Phi) is 3.53. The van der Waals surface area contributed by atoms with Gasteiger partial charge in [-0.3, -0.25) is 4.79 Å². The molecule has 0 spiro atoms. The number of nitrogens with zero attached hydrogens (tertiary/aromatic N) is 1. The molecule has 0 unspecified atom stereocenters. The molecule has 1 rings (SSSR count). The molecular weight excluding hydrogens is 242 g/mol. The maximum Gasteiger partial charge on any atom is 0.250 e. The molecule has 0 saturated carbocycles. The molecule has 0 fully saturated rings. The topological polar surface area (TPSA) is 22.0 Å². The molecule has 2 nitrogen and oxygen atoms in total. The Hall–Kier alpha value is -0.570. The van der Waals surface area contributed by atoms with Gasteiger partial charge >= 0.3 is 0 Å². The van der Waals surface area contributed by atoms with Gasteiger partial charge < -0.3 is 4.57 Å². The zero-order chi connectivity index (χ0) is 10.8. The Morgan fingerprint density at radius 3 is 2.64 bits per heavy atom. The number of hydrogen-bond donors (Lipinski definition) is 0. The Bertz CT molecular complexity index is 368. The molecule has 0 aromatic carbocycles. The van der Waals surface area contributed by atoms with Gasteiger partial charge in [0.05, 0.1) is 0 Å².